The van der Waals surface area contributed by atoms with Crippen LogP contribution >= 0.6 is 0 Å². The lowest BCUT2D eigenvalue weighted by atomic mass is 9.79. The molecule has 1 heterocycles. The van der Waals surface area contributed by atoms with Crippen molar-refractivity contribution in [1.82, 2.24) is 0 Å². The minimum atomic E-state index is -2.37. The number of carbonyl (C=O) groups is 1. The summed E-state index contributed by atoms with van der Waals surface area (Å²) < 4.78 is 5.04. The van der Waals surface area contributed by atoms with E-state index in [-0.39, 0.29) is 18.3 Å². The molecular formula is C11H20O7. The number of aliphatic hydroxyl groups excluding tert-OH is 3. The van der Waals surface area contributed by atoms with Crippen LogP contribution in [-0.2, 0) is 9.53 Å². The summed E-state index contributed by atoms with van der Waals surface area (Å²) in [7, 11) is 0. The van der Waals surface area contributed by atoms with Gasteiger partial charge in [0.15, 0.2) is 0 Å². The molecule has 0 aromatic carbocycles. The summed E-state index contributed by atoms with van der Waals surface area (Å²) in [5.74, 6) is -4.38. The van der Waals surface area contributed by atoms with E-state index in [2.05, 4.69) is 0 Å². The number of aliphatic hydroxyl groups is 4. The zero-order valence-electron chi connectivity index (χ0n) is 10.4. The average molecular weight is 264 g/mol. The smallest absolute Gasteiger partial charge is 0.364 e. The van der Waals surface area contributed by atoms with E-state index >= 15 is 0 Å². The molecule has 106 valence electrons. The monoisotopic (exact) mass is 264 g/mol. The van der Waals surface area contributed by atoms with E-state index in [9.17, 15) is 20.1 Å². The average Bonchev–Trinajstić information content (AvgIpc) is 2.31. The molecule has 1 fully saturated rings. The molecule has 0 radical (unpaired) electrons. The Morgan fingerprint density at radius 2 is 2.00 bits per heavy atom. The van der Waals surface area contributed by atoms with Gasteiger partial charge in [0.1, 0.15) is 12.2 Å². The standard InChI is InChI=1S/C11H20O7/c1-5-3-11(17,10(15)16)18-9(6(5)2)8(14)7(13)4-12/h5-9,12-14,17H,3-4H2,1-2H3,(H,15,16)/t5-,6-,7-,8-,9?,11?/m1/s1. The van der Waals surface area contributed by atoms with Crippen molar-refractivity contribution < 1.29 is 35.1 Å². The summed E-state index contributed by atoms with van der Waals surface area (Å²) in [4.78, 5) is 11.0. The van der Waals surface area contributed by atoms with Crippen LogP contribution < -0.4 is 0 Å². The van der Waals surface area contributed by atoms with Crippen molar-refractivity contribution >= 4 is 5.97 Å². The molecule has 6 atom stereocenters. The Kier molecular flexibility index (Phi) is 4.68. The van der Waals surface area contributed by atoms with Gasteiger partial charge in [-0.2, -0.15) is 0 Å². The molecule has 0 spiro atoms. The SMILES string of the molecule is C[C@@H]1CC(O)(C(=O)O)OC([C@H](O)[C@H](O)CO)[C@@H]1C. The van der Waals surface area contributed by atoms with Crippen LogP contribution in [0.15, 0.2) is 0 Å². The lowest BCUT2D eigenvalue weighted by molar-refractivity contribution is -0.294. The molecule has 0 amide bonds. The topological polar surface area (TPSA) is 127 Å². The predicted octanol–water partition coefficient (Wildman–Crippen LogP) is -1.47. The highest BCUT2D eigenvalue weighted by Crippen LogP contribution is 2.37. The van der Waals surface area contributed by atoms with Gasteiger partial charge in [-0.1, -0.05) is 13.8 Å². The summed E-state index contributed by atoms with van der Waals surface area (Å²) >= 11 is 0. The number of carboxylic acids is 1. The summed E-state index contributed by atoms with van der Waals surface area (Å²) in [6, 6.07) is 0. The molecule has 0 bridgehead atoms. The van der Waals surface area contributed by atoms with E-state index in [1.807, 2.05) is 0 Å². The lowest BCUT2D eigenvalue weighted by Crippen LogP contribution is -2.58. The van der Waals surface area contributed by atoms with Gasteiger partial charge >= 0.3 is 5.97 Å². The van der Waals surface area contributed by atoms with Crippen molar-refractivity contribution in [2.24, 2.45) is 11.8 Å². The molecule has 2 unspecified atom stereocenters. The molecule has 18 heavy (non-hydrogen) atoms. The fourth-order valence-electron chi connectivity index (χ4n) is 2.17. The largest absolute Gasteiger partial charge is 0.477 e. The highest BCUT2D eigenvalue weighted by atomic mass is 16.7. The lowest BCUT2D eigenvalue weighted by Gasteiger charge is -2.44. The second kappa shape index (κ2) is 5.50. The van der Waals surface area contributed by atoms with Crippen molar-refractivity contribution in [2.75, 3.05) is 6.61 Å². The van der Waals surface area contributed by atoms with Gasteiger partial charge in [-0.25, -0.2) is 4.79 Å². The zero-order valence-corrected chi connectivity index (χ0v) is 10.4. The molecule has 7 nitrogen and oxygen atoms in total. The van der Waals surface area contributed by atoms with Crippen LogP contribution in [0.5, 0.6) is 0 Å². The van der Waals surface area contributed by atoms with E-state index in [1.165, 1.54) is 0 Å². The van der Waals surface area contributed by atoms with Crippen molar-refractivity contribution in [3.05, 3.63) is 0 Å². The first-order chi connectivity index (χ1) is 8.23. The Morgan fingerprint density at radius 3 is 2.44 bits per heavy atom. The van der Waals surface area contributed by atoms with Crippen molar-refractivity contribution in [3.8, 4) is 0 Å². The third kappa shape index (κ3) is 2.81. The van der Waals surface area contributed by atoms with Crippen molar-refractivity contribution in [1.29, 1.82) is 0 Å². The Bertz CT molecular complexity index is 308. The second-order valence-corrected chi connectivity index (χ2v) is 4.95. The summed E-state index contributed by atoms with van der Waals surface area (Å²) in [5, 5.41) is 46.7. The molecule has 1 saturated heterocycles. The van der Waals surface area contributed by atoms with E-state index in [4.69, 9.17) is 14.9 Å². The van der Waals surface area contributed by atoms with E-state index in [0.29, 0.717) is 0 Å². The van der Waals surface area contributed by atoms with Gasteiger partial charge in [0.05, 0.1) is 12.7 Å². The highest BCUT2D eigenvalue weighted by molar-refractivity contribution is 5.75. The molecule has 1 rings (SSSR count). The molecule has 0 aliphatic carbocycles. The second-order valence-electron chi connectivity index (χ2n) is 4.95. The first kappa shape index (κ1) is 15.3. The van der Waals surface area contributed by atoms with Crippen LogP contribution in [0.25, 0.3) is 0 Å². The minimum Gasteiger partial charge on any atom is -0.477 e. The van der Waals surface area contributed by atoms with Crippen molar-refractivity contribution in [3.63, 3.8) is 0 Å². The minimum absolute atomic E-state index is 0.0953. The first-order valence-electron chi connectivity index (χ1n) is 5.83. The van der Waals surface area contributed by atoms with Crippen LogP contribution in [0.3, 0.4) is 0 Å². The van der Waals surface area contributed by atoms with Gasteiger partial charge in [0, 0.05) is 6.42 Å². The quantitative estimate of drug-likeness (QED) is 0.419. The summed E-state index contributed by atoms with van der Waals surface area (Å²) in [6.45, 7) is 2.78. The number of hydrogen-bond donors (Lipinski definition) is 5. The maximum Gasteiger partial charge on any atom is 0.364 e. The maximum absolute atomic E-state index is 11.0. The van der Waals surface area contributed by atoms with Gasteiger partial charge in [-0.15, -0.1) is 0 Å². The van der Waals surface area contributed by atoms with Gasteiger partial charge in [-0.3, -0.25) is 0 Å². The Balaban J connectivity index is 2.92. The number of hydrogen-bond acceptors (Lipinski definition) is 6. The van der Waals surface area contributed by atoms with Crippen LogP contribution in [0, 0.1) is 11.8 Å². The molecule has 0 aromatic rings. The highest BCUT2D eigenvalue weighted by Gasteiger charge is 2.50. The van der Waals surface area contributed by atoms with Gasteiger partial charge in [-0.05, 0) is 11.8 Å². The Labute approximate surface area is 105 Å². The van der Waals surface area contributed by atoms with Crippen LogP contribution in [0.1, 0.15) is 20.3 Å². The maximum atomic E-state index is 11.0. The summed E-state index contributed by atoms with van der Waals surface area (Å²) in [6.07, 6.45) is -4.06. The third-order valence-electron chi connectivity index (χ3n) is 3.60. The van der Waals surface area contributed by atoms with Gasteiger partial charge < -0.3 is 30.3 Å². The molecule has 1 aliphatic rings. The molecule has 7 heteroatoms. The zero-order chi connectivity index (χ0) is 14.1. The van der Waals surface area contributed by atoms with E-state index in [0.717, 1.165) is 0 Å². The number of ether oxygens (including phenoxy) is 1. The third-order valence-corrected chi connectivity index (χ3v) is 3.60. The first-order valence-corrected chi connectivity index (χ1v) is 5.83. The van der Waals surface area contributed by atoms with E-state index < -0.39 is 36.7 Å². The molecule has 0 saturated carbocycles. The number of rotatable bonds is 4. The number of carboxylic acid groups (broad SMARTS) is 1. The predicted molar refractivity (Wildman–Crippen MR) is 59.5 cm³/mol. The number of aliphatic carboxylic acids is 1. The fourth-order valence-corrected chi connectivity index (χ4v) is 2.17. The summed E-state index contributed by atoms with van der Waals surface area (Å²) in [5.41, 5.74) is 0. The molecular weight excluding hydrogens is 244 g/mol. The normalized spacial score (nSPS) is 40.2. The van der Waals surface area contributed by atoms with E-state index in [1.54, 1.807) is 13.8 Å². The Morgan fingerprint density at radius 1 is 1.44 bits per heavy atom. The fraction of sp³-hybridized carbons (Fsp3) is 0.909. The molecule has 5 N–H and O–H groups in total. The van der Waals surface area contributed by atoms with Gasteiger partial charge in [0.2, 0.25) is 0 Å². The molecule has 0 aromatic heterocycles. The van der Waals surface area contributed by atoms with Crippen LogP contribution in [-0.4, -0.2) is 62.2 Å². The Hall–Kier alpha value is -0.730. The van der Waals surface area contributed by atoms with Crippen LogP contribution in [0.2, 0.25) is 0 Å². The van der Waals surface area contributed by atoms with Crippen LogP contribution in [0.4, 0.5) is 0 Å². The van der Waals surface area contributed by atoms with Crippen molar-refractivity contribution in [2.45, 2.75) is 44.4 Å². The van der Waals surface area contributed by atoms with Gasteiger partial charge in [0.25, 0.3) is 5.79 Å². The molecule has 1 aliphatic heterocycles.